The lowest BCUT2D eigenvalue weighted by molar-refractivity contribution is 0.0925. The minimum absolute atomic E-state index is 0.0320. The molecule has 3 amide bonds. The lowest BCUT2D eigenvalue weighted by atomic mass is 10.0. The van der Waals surface area contributed by atoms with Crippen molar-refractivity contribution in [1.29, 1.82) is 0 Å². The number of amides is 3. The normalized spacial score (nSPS) is 17.3. The van der Waals surface area contributed by atoms with Crippen LogP contribution in [0.15, 0.2) is 66.7 Å². The second-order valence-corrected chi connectivity index (χ2v) is 7.90. The van der Waals surface area contributed by atoms with Gasteiger partial charge in [-0.1, -0.05) is 35.9 Å². The first-order chi connectivity index (χ1) is 14.5. The third-order valence-corrected chi connectivity index (χ3v) is 5.85. The van der Waals surface area contributed by atoms with Crippen LogP contribution in [0, 0.1) is 6.92 Å². The molecule has 5 heteroatoms. The molecule has 1 atom stereocenters. The van der Waals surface area contributed by atoms with E-state index >= 15 is 0 Å². The van der Waals surface area contributed by atoms with Gasteiger partial charge in [0.05, 0.1) is 16.8 Å². The summed E-state index contributed by atoms with van der Waals surface area (Å²) in [7, 11) is 0. The molecule has 0 aromatic heterocycles. The van der Waals surface area contributed by atoms with E-state index in [0.717, 1.165) is 23.2 Å². The van der Waals surface area contributed by atoms with Crippen LogP contribution in [0.25, 0.3) is 0 Å². The SMILES string of the molecule is Cc1ccc(N2C(=O)c3ccc(C(=O)N4c5ccccc5CC4C)cc3C2=O)cc1. The monoisotopic (exact) mass is 396 g/mol. The number of hydrogen-bond donors (Lipinski definition) is 0. The van der Waals surface area contributed by atoms with Crippen molar-refractivity contribution in [3.8, 4) is 0 Å². The van der Waals surface area contributed by atoms with Crippen molar-refractivity contribution in [2.24, 2.45) is 0 Å². The molecule has 0 spiro atoms. The van der Waals surface area contributed by atoms with Gasteiger partial charge in [-0.2, -0.15) is 0 Å². The summed E-state index contributed by atoms with van der Waals surface area (Å²) in [5, 5.41) is 0. The van der Waals surface area contributed by atoms with E-state index in [9.17, 15) is 14.4 Å². The lowest BCUT2D eigenvalue weighted by Crippen LogP contribution is -2.35. The molecule has 0 N–H and O–H groups in total. The predicted octanol–water partition coefficient (Wildman–Crippen LogP) is 4.39. The largest absolute Gasteiger partial charge is 0.305 e. The Bertz CT molecular complexity index is 1210. The number of imide groups is 1. The van der Waals surface area contributed by atoms with E-state index in [2.05, 4.69) is 0 Å². The van der Waals surface area contributed by atoms with Crippen LogP contribution in [-0.2, 0) is 6.42 Å². The van der Waals surface area contributed by atoms with E-state index in [1.54, 1.807) is 35.2 Å². The highest BCUT2D eigenvalue weighted by molar-refractivity contribution is 6.34. The number of fused-ring (bicyclic) bond motifs is 2. The molecule has 148 valence electrons. The number of carbonyl (C=O) groups is 3. The molecule has 5 nitrogen and oxygen atoms in total. The fourth-order valence-corrected chi connectivity index (χ4v) is 4.32. The minimum Gasteiger partial charge on any atom is -0.305 e. The summed E-state index contributed by atoms with van der Waals surface area (Å²) >= 11 is 0. The summed E-state index contributed by atoms with van der Waals surface area (Å²) in [4.78, 5) is 42.1. The van der Waals surface area contributed by atoms with Gasteiger partial charge in [-0.3, -0.25) is 14.4 Å². The van der Waals surface area contributed by atoms with Crippen molar-refractivity contribution in [1.82, 2.24) is 0 Å². The quantitative estimate of drug-likeness (QED) is 0.604. The Kier molecular flexibility index (Phi) is 4.07. The van der Waals surface area contributed by atoms with Gasteiger partial charge < -0.3 is 4.90 Å². The highest BCUT2D eigenvalue weighted by Gasteiger charge is 2.38. The van der Waals surface area contributed by atoms with Gasteiger partial charge in [-0.05, 0) is 62.2 Å². The van der Waals surface area contributed by atoms with Crippen LogP contribution in [0.3, 0.4) is 0 Å². The highest BCUT2D eigenvalue weighted by atomic mass is 16.2. The summed E-state index contributed by atoms with van der Waals surface area (Å²) in [5.74, 6) is -0.926. The van der Waals surface area contributed by atoms with Crippen molar-refractivity contribution in [2.75, 3.05) is 9.80 Å². The first kappa shape index (κ1) is 18.3. The number of nitrogens with zero attached hydrogens (tertiary/aromatic N) is 2. The van der Waals surface area contributed by atoms with Crippen LogP contribution in [-0.4, -0.2) is 23.8 Å². The van der Waals surface area contributed by atoms with Crippen molar-refractivity contribution < 1.29 is 14.4 Å². The molecular formula is C25H20N2O3. The van der Waals surface area contributed by atoms with Gasteiger partial charge in [0.2, 0.25) is 0 Å². The van der Waals surface area contributed by atoms with Gasteiger partial charge in [0.15, 0.2) is 0 Å². The standard InChI is InChI=1S/C25H20N2O3/c1-15-7-10-19(11-8-15)27-24(29)20-12-9-18(14-21(20)25(27)30)23(28)26-16(2)13-17-5-3-4-6-22(17)26/h3-12,14,16H,13H2,1-2H3. The third kappa shape index (κ3) is 2.66. The molecule has 30 heavy (non-hydrogen) atoms. The molecule has 2 aliphatic rings. The molecule has 2 aliphatic heterocycles. The van der Waals surface area contributed by atoms with E-state index in [-0.39, 0.29) is 23.4 Å². The van der Waals surface area contributed by atoms with Gasteiger partial charge in [0, 0.05) is 17.3 Å². The highest BCUT2D eigenvalue weighted by Crippen LogP contribution is 2.34. The van der Waals surface area contributed by atoms with Crippen LogP contribution < -0.4 is 9.80 Å². The molecule has 3 aromatic rings. The number of para-hydroxylation sites is 1. The number of carbonyl (C=O) groups excluding carboxylic acids is 3. The molecule has 0 radical (unpaired) electrons. The molecular weight excluding hydrogens is 376 g/mol. The van der Waals surface area contributed by atoms with E-state index in [1.165, 1.54) is 4.90 Å². The fourth-order valence-electron chi connectivity index (χ4n) is 4.32. The Morgan fingerprint density at radius 1 is 0.900 bits per heavy atom. The predicted molar refractivity (Wildman–Crippen MR) is 115 cm³/mol. The zero-order valence-corrected chi connectivity index (χ0v) is 16.8. The number of aryl methyl sites for hydroxylation is 1. The number of hydrogen-bond acceptors (Lipinski definition) is 3. The first-order valence-corrected chi connectivity index (χ1v) is 9.96. The zero-order valence-electron chi connectivity index (χ0n) is 16.8. The van der Waals surface area contributed by atoms with Crippen molar-refractivity contribution >= 4 is 29.1 Å². The average molecular weight is 396 g/mol. The smallest absolute Gasteiger partial charge is 0.266 e. The maximum atomic E-state index is 13.3. The van der Waals surface area contributed by atoms with E-state index in [1.807, 2.05) is 50.2 Å². The topological polar surface area (TPSA) is 57.7 Å². The van der Waals surface area contributed by atoms with Gasteiger partial charge in [-0.25, -0.2) is 4.90 Å². The van der Waals surface area contributed by atoms with Crippen molar-refractivity contribution in [3.05, 3.63) is 94.5 Å². The van der Waals surface area contributed by atoms with E-state index in [0.29, 0.717) is 16.8 Å². The Hall–Kier alpha value is -3.73. The molecule has 0 saturated carbocycles. The lowest BCUT2D eigenvalue weighted by Gasteiger charge is -2.23. The van der Waals surface area contributed by atoms with E-state index < -0.39 is 5.91 Å². The van der Waals surface area contributed by atoms with E-state index in [4.69, 9.17) is 0 Å². The average Bonchev–Trinajstić information content (AvgIpc) is 3.21. The van der Waals surface area contributed by atoms with Gasteiger partial charge in [0.1, 0.15) is 0 Å². The Morgan fingerprint density at radius 2 is 1.60 bits per heavy atom. The molecule has 0 bridgehead atoms. The van der Waals surface area contributed by atoms with Gasteiger partial charge in [-0.15, -0.1) is 0 Å². The van der Waals surface area contributed by atoms with Gasteiger partial charge >= 0.3 is 0 Å². The minimum atomic E-state index is -0.400. The van der Waals surface area contributed by atoms with Gasteiger partial charge in [0.25, 0.3) is 17.7 Å². The molecule has 3 aromatic carbocycles. The number of anilines is 2. The summed E-state index contributed by atoms with van der Waals surface area (Å²) in [6.07, 6.45) is 0.797. The van der Waals surface area contributed by atoms with Crippen molar-refractivity contribution in [2.45, 2.75) is 26.3 Å². The Morgan fingerprint density at radius 3 is 2.37 bits per heavy atom. The molecule has 0 saturated heterocycles. The second kappa shape index (κ2) is 6.66. The summed E-state index contributed by atoms with van der Waals surface area (Å²) in [6, 6.07) is 19.9. The maximum Gasteiger partial charge on any atom is 0.266 e. The maximum absolute atomic E-state index is 13.3. The zero-order chi connectivity index (χ0) is 21.0. The number of benzene rings is 3. The van der Waals surface area contributed by atoms with Crippen LogP contribution in [0.5, 0.6) is 0 Å². The summed E-state index contributed by atoms with van der Waals surface area (Å²) < 4.78 is 0. The Labute approximate surface area is 174 Å². The Balaban J connectivity index is 1.51. The molecule has 0 aliphatic carbocycles. The van der Waals surface area contributed by atoms with Crippen LogP contribution in [0.1, 0.15) is 49.1 Å². The molecule has 5 rings (SSSR count). The van der Waals surface area contributed by atoms with Crippen molar-refractivity contribution in [3.63, 3.8) is 0 Å². The first-order valence-electron chi connectivity index (χ1n) is 9.96. The molecule has 1 unspecified atom stereocenters. The van der Waals surface area contributed by atoms with Crippen LogP contribution >= 0.6 is 0 Å². The molecule has 2 heterocycles. The summed E-state index contributed by atoms with van der Waals surface area (Å²) in [6.45, 7) is 3.96. The third-order valence-electron chi connectivity index (χ3n) is 5.85. The molecule has 0 fully saturated rings. The van der Waals surface area contributed by atoms with Crippen LogP contribution in [0.2, 0.25) is 0 Å². The second-order valence-electron chi connectivity index (χ2n) is 7.90. The van der Waals surface area contributed by atoms with Crippen LogP contribution in [0.4, 0.5) is 11.4 Å². The number of rotatable bonds is 2. The fraction of sp³-hybridized carbons (Fsp3) is 0.160. The summed E-state index contributed by atoms with van der Waals surface area (Å²) in [5.41, 5.74) is 4.61.